The van der Waals surface area contributed by atoms with Crippen LogP contribution in [0, 0.1) is 11.6 Å². The summed E-state index contributed by atoms with van der Waals surface area (Å²) in [6.07, 6.45) is 0.578. The summed E-state index contributed by atoms with van der Waals surface area (Å²) in [5.74, 6) is -1.17. The molecular weight excluding hydrogens is 450 g/mol. The fourth-order valence-corrected chi connectivity index (χ4v) is 3.93. The second-order valence-corrected chi connectivity index (χ2v) is 7.75. The molecule has 2 aromatic carbocycles. The molecule has 7 nitrogen and oxygen atoms in total. The number of benzene rings is 2. The predicted molar refractivity (Wildman–Crippen MR) is 122 cm³/mol. The number of rotatable bonds is 9. The quantitative estimate of drug-likeness (QED) is 0.363. The molecule has 0 atom stereocenters. The van der Waals surface area contributed by atoms with Crippen molar-refractivity contribution in [3.8, 4) is 11.3 Å². The Morgan fingerprint density at radius 2 is 1.70 bits per heavy atom. The molecule has 10 heteroatoms. The minimum Gasteiger partial charge on any atom is -0.465 e. The van der Waals surface area contributed by atoms with Gasteiger partial charge in [0.1, 0.15) is 18.2 Å². The maximum atomic E-state index is 13.4. The van der Waals surface area contributed by atoms with Crippen LogP contribution in [-0.4, -0.2) is 36.3 Å². The van der Waals surface area contributed by atoms with E-state index in [-0.39, 0.29) is 24.8 Å². The van der Waals surface area contributed by atoms with Crippen LogP contribution in [0.25, 0.3) is 11.3 Å². The molecule has 2 amide bonds. The van der Waals surface area contributed by atoms with E-state index in [0.29, 0.717) is 30.0 Å². The van der Waals surface area contributed by atoms with Crippen LogP contribution in [0.2, 0.25) is 0 Å². The Kier molecular flexibility index (Phi) is 8.71. The van der Waals surface area contributed by atoms with E-state index in [1.165, 1.54) is 35.6 Å². The van der Waals surface area contributed by atoms with E-state index in [1.807, 2.05) is 9.95 Å². The molecular formula is C23H24F2N4O3S. The molecule has 0 unspecified atom stereocenters. The first-order valence-corrected chi connectivity index (χ1v) is 11.3. The van der Waals surface area contributed by atoms with Crippen molar-refractivity contribution in [2.24, 2.45) is 4.99 Å². The number of nitrogens with one attached hydrogen (secondary N) is 2. The lowest BCUT2D eigenvalue weighted by Crippen LogP contribution is -2.39. The van der Waals surface area contributed by atoms with Gasteiger partial charge in [0.25, 0.3) is 0 Å². The highest BCUT2D eigenvalue weighted by molar-refractivity contribution is 7.07. The summed E-state index contributed by atoms with van der Waals surface area (Å²) < 4.78 is 33.3. The van der Waals surface area contributed by atoms with Gasteiger partial charge >= 0.3 is 12.0 Å². The molecule has 3 aromatic rings. The number of amides is 2. The largest absolute Gasteiger partial charge is 0.465 e. The molecule has 0 aliphatic carbocycles. The van der Waals surface area contributed by atoms with E-state index in [4.69, 9.17) is 4.74 Å². The molecule has 33 heavy (non-hydrogen) atoms. The number of hydrogen-bond acceptors (Lipinski definition) is 5. The first-order valence-electron chi connectivity index (χ1n) is 10.4. The Labute approximate surface area is 193 Å². The number of urea groups is 1. The van der Waals surface area contributed by atoms with Gasteiger partial charge < -0.3 is 19.9 Å². The van der Waals surface area contributed by atoms with Crippen molar-refractivity contribution in [3.63, 3.8) is 0 Å². The normalized spacial score (nSPS) is 11.3. The number of aromatic nitrogens is 1. The summed E-state index contributed by atoms with van der Waals surface area (Å²) in [5.41, 5.74) is 2.29. The molecule has 0 spiro atoms. The maximum Gasteiger partial charge on any atom is 0.325 e. The second-order valence-electron chi connectivity index (χ2n) is 6.92. The average molecular weight is 475 g/mol. The fourth-order valence-electron chi connectivity index (χ4n) is 2.98. The fraction of sp³-hybridized carbons (Fsp3) is 0.261. The first-order chi connectivity index (χ1) is 16.0. The average Bonchev–Trinajstić information content (AvgIpc) is 3.20. The Bertz CT molecular complexity index is 1140. The monoisotopic (exact) mass is 474 g/mol. The minimum absolute atomic E-state index is 0.200. The molecule has 0 aliphatic heterocycles. The van der Waals surface area contributed by atoms with Crippen molar-refractivity contribution >= 4 is 29.0 Å². The highest BCUT2D eigenvalue weighted by Crippen LogP contribution is 2.21. The molecule has 0 radical (unpaired) electrons. The van der Waals surface area contributed by atoms with Crippen LogP contribution in [0.15, 0.2) is 58.9 Å². The van der Waals surface area contributed by atoms with Gasteiger partial charge in [-0.2, -0.15) is 0 Å². The highest BCUT2D eigenvalue weighted by Gasteiger charge is 2.10. The third-order valence-corrected chi connectivity index (χ3v) is 5.40. The zero-order chi connectivity index (χ0) is 23.6. The number of carbonyl (C=O) groups is 2. The predicted octanol–water partition coefficient (Wildman–Crippen LogP) is 3.98. The number of esters is 1. The van der Waals surface area contributed by atoms with E-state index < -0.39 is 12.0 Å². The Morgan fingerprint density at radius 1 is 1.03 bits per heavy atom. The lowest BCUT2D eigenvalue weighted by atomic mass is 10.1. The van der Waals surface area contributed by atoms with Crippen LogP contribution in [0.1, 0.15) is 13.3 Å². The molecule has 3 rings (SSSR count). The molecule has 0 saturated carbocycles. The number of thiazole rings is 1. The van der Waals surface area contributed by atoms with E-state index >= 15 is 0 Å². The van der Waals surface area contributed by atoms with Crippen LogP contribution < -0.4 is 15.4 Å². The van der Waals surface area contributed by atoms with Crippen molar-refractivity contribution in [3.05, 3.63) is 70.3 Å². The summed E-state index contributed by atoms with van der Waals surface area (Å²) in [6.45, 7) is 2.62. The zero-order valence-electron chi connectivity index (χ0n) is 18.0. The Balaban J connectivity index is 1.71. The van der Waals surface area contributed by atoms with Crippen LogP contribution in [-0.2, 0) is 16.1 Å². The Hall–Kier alpha value is -3.53. The third kappa shape index (κ3) is 7.25. The smallest absolute Gasteiger partial charge is 0.325 e. The Morgan fingerprint density at radius 3 is 2.36 bits per heavy atom. The number of nitrogens with zero attached hydrogens (tertiary/aromatic N) is 2. The van der Waals surface area contributed by atoms with Crippen LogP contribution in [0.5, 0.6) is 0 Å². The topological polar surface area (TPSA) is 84.7 Å². The van der Waals surface area contributed by atoms with Gasteiger partial charge in [-0.05, 0) is 67.4 Å². The van der Waals surface area contributed by atoms with Crippen molar-refractivity contribution in [2.75, 3.05) is 19.7 Å². The summed E-state index contributed by atoms with van der Waals surface area (Å²) >= 11 is 1.41. The zero-order valence-corrected chi connectivity index (χ0v) is 18.8. The van der Waals surface area contributed by atoms with Crippen molar-refractivity contribution in [1.82, 2.24) is 15.2 Å². The van der Waals surface area contributed by atoms with Gasteiger partial charge in [-0.15, -0.1) is 11.3 Å². The molecule has 1 heterocycles. The van der Waals surface area contributed by atoms with E-state index in [2.05, 4.69) is 15.6 Å². The molecule has 2 N–H and O–H groups in total. The van der Waals surface area contributed by atoms with E-state index in [1.54, 1.807) is 31.2 Å². The molecule has 1 aromatic heterocycles. The van der Waals surface area contributed by atoms with Gasteiger partial charge in [-0.25, -0.2) is 18.6 Å². The third-order valence-electron chi connectivity index (χ3n) is 4.53. The van der Waals surface area contributed by atoms with Crippen LogP contribution in [0.4, 0.5) is 19.3 Å². The van der Waals surface area contributed by atoms with E-state index in [9.17, 15) is 18.4 Å². The van der Waals surface area contributed by atoms with E-state index in [0.717, 1.165) is 11.3 Å². The SMILES string of the molecule is CCOC(=O)CNC(=O)NCCCn1c(-c2ccc(F)cc2)csc1=Nc1ccc(F)cc1. The summed E-state index contributed by atoms with van der Waals surface area (Å²) in [4.78, 5) is 28.5. The van der Waals surface area contributed by atoms with Gasteiger partial charge in [-0.1, -0.05) is 0 Å². The van der Waals surface area contributed by atoms with Gasteiger partial charge in [0, 0.05) is 18.5 Å². The maximum absolute atomic E-state index is 13.4. The second kappa shape index (κ2) is 11.9. The van der Waals surface area contributed by atoms with Crippen LogP contribution >= 0.6 is 11.3 Å². The lowest BCUT2D eigenvalue weighted by molar-refractivity contribution is -0.141. The number of hydrogen-bond donors (Lipinski definition) is 2. The van der Waals surface area contributed by atoms with Crippen LogP contribution in [0.3, 0.4) is 0 Å². The molecule has 174 valence electrons. The first kappa shape index (κ1) is 24.1. The van der Waals surface area contributed by atoms with Gasteiger partial charge in [0.05, 0.1) is 18.0 Å². The highest BCUT2D eigenvalue weighted by atomic mass is 32.1. The molecule has 0 fully saturated rings. The van der Waals surface area contributed by atoms with Crippen molar-refractivity contribution in [1.29, 1.82) is 0 Å². The van der Waals surface area contributed by atoms with Gasteiger partial charge in [-0.3, -0.25) is 4.79 Å². The van der Waals surface area contributed by atoms with Crippen molar-refractivity contribution < 1.29 is 23.1 Å². The molecule has 0 saturated heterocycles. The van der Waals surface area contributed by atoms with Gasteiger partial charge in [0.2, 0.25) is 0 Å². The summed E-state index contributed by atoms with van der Waals surface area (Å²) in [5, 5.41) is 7.06. The number of halogens is 2. The summed E-state index contributed by atoms with van der Waals surface area (Å²) in [6, 6.07) is 11.6. The molecule has 0 bridgehead atoms. The number of ether oxygens (including phenoxy) is 1. The molecule has 0 aliphatic rings. The minimum atomic E-state index is -0.502. The lowest BCUT2D eigenvalue weighted by Gasteiger charge is -2.11. The van der Waals surface area contributed by atoms with Gasteiger partial charge in [0.15, 0.2) is 4.80 Å². The summed E-state index contributed by atoms with van der Waals surface area (Å²) in [7, 11) is 0. The number of carbonyl (C=O) groups excluding carboxylic acids is 2. The standard InChI is InChI=1S/C23H24F2N4O3S/c1-2-32-21(30)14-27-22(31)26-12-3-13-29-20(16-4-6-17(24)7-5-16)15-33-23(29)28-19-10-8-18(25)9-11-19/h4-11,15H,2-3,12-14H2,1H3,(H2,26,27,31). The van der Waals surface area contributed by atoms with Crippen molar-refractivity contribution in [2.45, 2.75) is 19.9 Å².